The number of hydrogen-bond acceptors (Lipinski definition) is 4. The summed E-state index contributed by atoms with van der Waals surface area (Å²) in [5.74, 6) is -0.833. The van der Waals surface area contributed by atoms with E-state index in [9.17, 15) is 22.2 Å². The number of likely N-dealkylation sites (tertiary alicyclic amines) is 1. The lowest BCUT2D eigenvalue weighted by atomic mass is 9.87. The fourth-order valence-corrected chi connectivity index (χ4v) is 3.95. The van der Waals surface area contributed by atoms with E-state index in [2.05, 4.69) is 0 Å². The Kier molecular flexibility index (Phi) is 4.45. The Morgan fingerprint density at radius 3 is 2.68 bits per heavy atom. The Morgan fingerprint density at radius 2 is 2.05 bits per heavy atom. The zero-order valence-electron chi connectivity index (χ0n) is 10.8. The summed E-state index contributed by atoms with van der Waals surface area (Å²) in [6, 6.07) is 0. The summed E-state index contributed by atoms with van der Waals surface area (Å²) >= 11 is 0. The van der Waals surface area contributed by atoms with Gasteiger partial charge in [0, 0.05) is 25.4 Å². The minimum atomic E-state index is -4.52. The van der Waals surface area contributed by atoms with Gasteiger partial charge in [-0.25, -0.2) is 0 Å². The van der Waals surface area contributed by atoms with E-state index in [1.54, 1.807) is 4.90 Å². The zero-order chi connectivity index (χ0) is 14.0. The van der Waals surface area contributed by atoms with Gasteiger partial charge in [0.2, 0.25) is 5.91 Å². The smallest absolute Gasteiger partial charge is 0.302 e. The molecule has 7 heteroatoms. The van der Waals surface area contributed by atoms with Crippen molar-refractivity contribution in [1.82, 2.24) is 4.90 Å². The minimum absolute atomic E-state index is 0.103. The normalized spacial score (nSPS) is 32.8. The highest BCUT2D eigenvalue weighted by Gasteiger charge is 2.34. The van der Waals surface area contributed by atoms with Gasteiger partial charge in [-0.15, -0.1) is 3.89 Å². The molecule has 1 saturated carbocycles. The standard InChI is InChI=1S/C12H20FNO4S/c13-19(17,18)8-10-5-12(16)14(7-10)6-9-2-1-3-11(15)4-9/h9-11,15H,1-8H2. The number of rotatable bonds is 4. The number of hydrogen-bond donors (Lipinski definition) is 1. The fraction of sp³-hybridized carbons (Fsp3) is 0.917. The second-order valence-corrected chi connectivity index (χ2v) is 7.17. The number of carbonyl (C=O) groups excluding carboxylic acids is 1. The maximum absolute atomic E-state index is 12.6. The van der Waals surface area contributed by atoms with Crippen LogP contribution in [0, 0.1) is 11.8 Å². The Balaban J connectivity index is 1.86. The highest BCUT2D eigenvalue weighted by Crippen LogP contribution is 2.28. The topological polar surface area (TPSA) is 74.7 Å². The summed E-state index contributed by atoms with van der Waals surface area (Å²) in [6.07, 6.45) is 3.25. The molecule has 1 saturated heterocycles. The van der Waals surface area contributed by atoms with Crippen LogP contribution in [0.15, 0.2) is 0 Å². The van der Waals surface area contributed by atoms with E-state index in [-0.39, 0.29) is 24.3 Å². The van der Waals surface area contributed by atoms with Crippen LogP contribution in [-0.2, 0) is 15.0 Å². The molecular formula is C12H20FNO4S. The SMILES string of the molecule is O=C1CC(CS(=O)(=O)F)CN1CC1CCCC(O)C1. The number of nitrogens with zero attached hydrogens (tertiary/aromatic N) is 1. The van der Waals surface area contributed by atoms with Crippen LogP contribution in [0.2, 0.25) is 0 Å². The predicted octanol–water partition coefficient (Wildman–Crippen LogP) is 0.685. The number of aliphatic hydroxyl groups is 1. The van der Waals surface area contributed by atoms with E-state index in [1.807, 2.05) is 0 Å². The summed E-state index contributed by atoms with van der Waals surface area (Å²) in [7, 11) is -4.52. The third kappa shape index (κ3) is 4.42. The number of amides is 1. The van der Waals surface area contributed by atoms with Gasteiger partial charge in [0.1, 0.15) is 0 Å². The molecule has 1 amide bonds. The molecule has 19 heavy (non-hydrogen) atoms. The molecule has 3 unspecified atom stereocenters. The van der Waals surface area contributed by atoms with Gasteiger partial charge in [0.05, 0.1) is 11.9 Å². The Labute approximate surface area is 113 Å². The maximum Gasteiger partial charge on any atom is 0.302 e. The predicted molar refractivity (Wildman–Crippen MR) is 67.5 cm³/mol. The molecule has 1 aliphatic carbocycles. The lowest BCUT2D eigenvalue weighted by molar-refractivity contribution is -0.128. The van der Waals surface area contributed by atoms with Crippen LogP contribution in [-0.4, -0.2) is 49.3 Å². The van der Waals surface area contributed by atoms with Crippen molar-refractivity contribution in [2.45, 2.75) is 38.2 Å². The minimum Gasteiger partial charge on any atom is -0.393 e. The van der Waals surface area contributed by atoms with Crippen LogP contribution in [0.1, 0.15) is 32.1 Å². The van der Waals surface area contributed by atoms with E-state index >= 15 is 0 Å². The molecule has 0 spiro atoms. The Hall–Kier alpha value is -0.690. The summed E-state index contributed by atoms with van der Waals surface area (Å²) in [5, 5.41) is 9.59. The van der Waals surface area contributed by atoms with Crippen molar-refractivity contribution in [1.29, 1.82) is 0 Å². The van der Waals surface area contributed by atoms with Crippen molar-refractivity contribution < 1.29 is 22.2 Å². The number of halogens is 1. The van der Waals surface area contributed by atoms with E-state index in [0.29, 0.717) is 19.5 Å². The largest absolute Gasteiger partial charge is 0.393 e. The van der Waals surface area contributed by atoms with Crippen molar-refractivity contribution in [3.63, 3.8) is 0 Å². The van der Waals surface area contributed by atoms with Crippen molar-refractivity contribution in [3.05, 3.63) is 0 Å². The second-order valence-electron chi connectivity index (χ2n) is 5.76. The van der Waals surface area contributed by atoms with Gasteiger partial charge in [0.15, 0.2) is 0 Å². The van der Waals surface area contributed by atoms with Gasteiger partial charge in [-0.3, -0.25) is 4.79 Å². The summed E-state index contributed by atoms with van der Waals surface area (Å²) < 4.78 is 33.8. The average Bonchev–Trinajstić information content (AvgIpc) is 2.56. The highest BCUT2D eigenvalue weighted by atomic mass is 32.3. The van der Waals surface area contributed by atoms with E-state index < -0.39 is 21.9 Å². The lowest BCUT2D eigenvalue weighted by Gasteiger charge is -2.29. The Morgan fingerprint density at radius 1 is 1.32 bits per heavy atom. The van der Waals surface area contributed by atoms with Gasteiger partial charge in [-0.05, 0) is 25.2 Å². The van der Waals surface area contributed by atoms with Crippen LogP contribution in [0.4, 0.5) is 3.89 Å². The highest BCUT2D eigenvalue weighted by molar-refractivity contribution is 7.86. The van der Waals surface area contributed by atoms with E-state index in [4.69, 9.17) is 0 Å². The molecule has 1 aliphatic heterocycles. The van der Waals surface area contributed by atoms with Crippen LogP contribution in [0.5, 0.6) is 0 Å². The molecule has 3 atom stereocenters. The van der Waals surface area contributed by atoms with E-state index in [1.165, 1.54) is 0 Å². The molecule has 0 aromatic rings. The number of aliphatic hydroxyl groups excluding tert-OH is 1. The summed E-state index contributed by atoms with van der Waals surface area (Å²) in [5.41, 5.74) is 0. The van der Waals surface area contributed by atoms with Gasteiger partial charge in [0.25, 0.3) is 0 Å². The van der Waals surface area contributed by atoms with Crippen molar-refractivity contribution in [2.24, 2.45) is 11.8 Å². The molecule has 110 valence electrons. The van der Waals surface area contributed by atoms with Crippen molar-refractivity contribution in [3.8, 4) is 0 Å². The molecule has 2 aliphatic rings. The molecule has 1 N–H and O–H groups in total. The van der Waals surface area contributed by atoms with Gasteiger partial charge < -0.3 is 10.0 Å². The monoisotopic (exact) mass is 293 g/mol. The molecule has 0 bridgehead atoms. The van der Waals surface area contributed by atoms with E-state index in [0.717, 1.165) is 19.3 Å². The number of carbonyl (C=O) groups is 1. The third-order valence-electron chi connectivity index (χ3n) is 3.96. The first-order valence-corrected chi connectivity index (χ1v) is 8.27. The first kappa shape index (κ1) is 14.7. The summed E-state index contributed by atoms with van der Waals surface area (Å²) in [6.45, 7) is 0.868. The molecule has 2 fully saturated rings. The summed E-state index contributed by atoms with van der Waals surface area (Å²) in [4.78, 5) is 13.4. The second kappa shape index (κ2) is 5.75. The molecule has 2 rings (SSSR count). The van der Waals surface area contributed by atoms with Crippen molar-refractivity contribution >= 4 is 16.1 Å². The lowest BCUT2D eigenvalue weighted by Crippen LogP contribution is -2.34. The first-order chi connectivity index (χ1) is 8.83. The Bertz CT molecular complexity index is 439. The van der Waals surface area contributed by atoms with Gasteiger partial charge in [-0.1, -0.05) is 6.42 Å². The first-order valence-electron chi connectivity index (χ1n) is 6.71. The van der Waals surface area contributed by atoms with Gasteiger partial charge in [-0.2, -0.15) is 8.42 Å². The molecule has 1 heterocycles. The maximum atomic E-state index is 12.6. The zero-order valence-corrected chi connectivity index (χ0v) is 11.6. The van der Waals surface area contributed by atoms with Crippen LogP contribution >= 0.6 is 0 Å². The molecule has 0 aromatic heterocycles. The molecule has 5 nitrogen and oxygen atoms in total. The van der Waals surface area contributed by atoms with Gasteiger partial charge >= 0.3 is 10.2 Å². The van der Waals surface area contributed by atoms with Crippen LogP contribution in [0.25, 0.3) is 0 Å². The van der Waals surface area contributed by atoms with Crippen LogP contribution in [0.3, 0.4) is 0 Å². The molecule has 0 aromatic carbocycles. The van der Waals surface area contributed by atoms with Crippen molar-refractivity contribution in [2.75, 3.05) is 18.8 Å². The molecule has 0 radical (unpaired) electrons. The average molecular weight is 293 g/mol. The fourth-order valence-electron chi connectivity index (χ4n) is 3.16. The quantitative estimate of drug-likeness (QED) is 0.774. The third-order valence-corrected chi connectivity index (χ3v) is 4.83. The van der Waals surface area contributed by atoms with Crippen LogP contribution < -0.4 is 0 Å². The molecular weight excluding hydrogens is 273 g/mol.